The first kappa shape index (κ1) is 16.6. The average molecular weight is 347 g/mol. The smallest absolute Gasteiger partial charge is 0.278 e. The number of para-hydroxylation sites is 1. The summed E-state index contributed by atoms with van der Waals surface area (Å²) in [7, 11) is 0. The van der Waals surface area contributed by atoms with E-state index in [0.717, 1.165) is 6.07 Å². The first-order chi connectivity index (χ1) is 10.3. The predicted octanol–water partition coefficient (Wildman–Crippen LogP) is 5.85. The summed E-state index contributed by atoms with van der Waals surface area (Å²) >= 11 is 11.8. The first-order valence-corrected chi connectivity index (χ1v) is 6.96. The van der Waals surface area contributed by atoms with Crippen molar-refractivity contribution in [3.8, 4) is 0 Å². The fraction of sp³-hybridized carbons (Fsp3) is 0.133. The molecule has 0 radical (unpaired) electrons. The van der Waals surface area contributed by atoms with E-state index in [1.54, 1.807) is 25.1 Å². The number of hydrogen-bond donors (Lipinski definition) is 1. The van der Waals surface area contributed by atoms with Crippen LogP contribution in [0.2, 0.25) is 10.0 Å². The van der Waals surface area contributed by atoms with Crippen LogP contribution in [-0.4, -0.2) is 5.71 Å². The molecule has 0 aliphatic heterocycles. The maximum atomic E-state index is 12.9. The third-order valence-corrected chi connectivity index (χ3v) is 3.45. The van der Waals surface area contributed by atoms with Gasteiger partial charge in [0.15, 0.2) is 0 Å². The van der Waals surface area contributed by atoms with Gasteiger partial charge in [-0.1, -0.05) is 41.4 Å². The van der Waals surface area contributed by atoms with Crippen LogP contribution in [0.4, 0.5) is 18.9 Å². The first-order valence-electron chi connectivity index (χ1n) is 6.21. The Bertz CT molecular complexity index is 712. The highest BCUT2D eigenvalue weighted by Gasteiger charge is 2.33. The van der Waals surface area contributed by atoms with Gasteiger partial charge in [0.25, 0.3) is 0 Å². The Morgan fingerprint density at radius 2 is 1.77 bits per heavy atom. The van der Waals surface area contributed by atoms with Gasteiger partial charge in [-0.25, -0.2) is 0 Å². The molecule has 2 aromatic carbocycles. The Hall–Kier alpha value is -1.72. The Labute approximate surface area is 135 Å². The van der Waals surface area contributed by atoms with Gasteiger partial charge in [0.2, 0.25) is 0 Å². The zero-order valence-electron chi connectivity index (χ0n) is 11.4. The van der Waals surface area contributed by atoms with Crippen molar-refractivity contribution in [1.82, 2.24) is 0 Å². The number of nitrogens with zero attached hydrogens (tertiary/aromatic N) is 1. The fourth-order valence-electron chi connectivity index (χ4n) is 1.82. The standard InChI is InChI=1S/C15H11Cl2F3N2/c1-9(11-7-6-10(16)8-13(11)17)21-22-14-5-3-2-4-12(14)15(18,19)20/h2-8,22H,1H3. The van der Waals surface area contributed by atoms with E-state index in [0.29, 0.717) is 21.3 Å². The van der Waals surface area contributed by atoms with Crippen LogP contribution in [0.5, 0.6) is 0 Å². The largest absolute Gasteiger partial charge is 0.418 e. The molecule has 0 fully saturated rings. The lowest BCUT2D eigenvalue weighted by Gasteiger charge is -2.12. The molecule has 0 aromatic heterocycles. The van der Waals surface area contributed by atoms with E-state index in [-0.39, 0.29) is 5.69 Å². The van der Waals surface area contributed by atoms with Gasteiger partial charge >= 0.3 is 6.18 Å². The highest BCUT2D eigenvalue weighted by Crippen LogP contribution is 2.34. The minimum absolute atomic E-state index is 0.126. The lowest BCUT2D eigenvalue weighted by molar-refractivity contribution is -0.136. The fourth-order valence-corrected chi connectivity index (χ4v) is 2.36. The summed E-state index contributed by atoms with van der Waals surface area (Å²) in [6.07, 6.45) is -4.45. The van der Waals surface area contributed by atoms with E-state index in [1.807, 2.05) is 0 Å². The van der Waals surface area contributed by atoms with Crippen molar-refractivity contribution >= 4 is 34.6 Å². The minimum Gasteiger partial charge on any atom is -0.278 e. The number of hydrogen-bond acceptors (Lipinski definition) is 2. The zero-order chi connectivity index (χ0) is 16.3. The van der Waals surface area contributed by atoms with Gasteiger partial charge in [-0.2, -0.15) is 18.3 Å². The number of halogens is 5. The summed E-state index contributed by atoms with van der Waals surface area (Å²) in [4.78, 5) is 0. The van der Waals surface area contributed by atoms with Crippen LogP contribution in [0.3, 0.4) is 0 Å². The zero-order valence-corrected chi connectivity index (χ0v) is 12.9. The number of nitrogens with one attached hydrogen (secondary N) is 1. The van der Waals surface area contributed by atoms with Gasteiger partial charge in [-0.05, 0) is 31.2 Å². The van der Waals surface area contributed by atoms with E-state index in [1.165, 1.54) is 18.2 Å². The van der Waals surface area contributed by atoms with E-state index >= 15 is 0 Å². The second kappa shape index (κ2) is 6.58. The summed E-state index contributed by atoms with van der Waals surface area (Å²) in [5, 5.41) is 4.81. The molecule has 2 nitrogen and oxygen atoms in total. The Balaban J connectivity index is 2.29. The second-order valence-corrected chi connectivity index (χ2v) is 5.32. The van der Waals surface area contributed by atoms with Crippen molar-refractivity contribution in [3.05, 3.63) is 63.6 Å². The molecule has 0 spiro atoms. The van der Waals surface area contributed by atoms with Gasteiger partial charge in [-0.3, -0.25) is 5.43 Å². The molecule has 0 unspecified atom stereocenters. The molecule has 0 aliphatic carbocycles. The van der Waals surface area contributed by atoms with Crippen LogP contribution < -0.4 is 5.43 Å². The van der Waals surface area contributed by atoms with E-state index < -0.39 is 11.7 Å². The number of benzene rings is 2. The Morgan fingerprint density at radius 1 is 1.09 bits per heavy atom. The quantitative estimate of drug-likeness (QED) is 0.547. The molecular weight excluding hydrogens is 336 g/mol. The van der Waals surface area contributed by atoms with Crippen LogP contribution in [-0.2, 0) is 6.18 Å². The van der Waals surface area contributed by atoms with E-state index in [4.69, 9.17) is 23.2 Å². The maximum absolute atomic E-state index is 12.9. The monoisotopic (exact) mass is 346 g/mol. The molecule has 0 saturated carbocycles. The molecule has 2 aromatic rings. The van der Waals surface area contributed by atoms with Crippen LogP contribution in [0.1, 0.15) is 18.1 Å². The molecule has 2 rings (SSSR count). The lowest BCUT2D eigenvalue weighted by Crippen LogP contribution is -2.09. The second-order valence-electron chi connectivity index (χ2n) is 4.48. The molecule has 7 heteroatoms. The van der Waals surface area contributed by atoms with Crippen LogP contribution in [0.15, 0.2) is 47.6 Å². The normalized spacial score (nSPS) is 12.4. The molecule has 1 N–H and O–H groups in total. The van der Waals surface area contributed by atoms with Gasteiger partial charge in [0.05, 0.1) is 22.0 Å². The third kappa shape index (κ3) is 3.93. The number of anilines is 1. The highest BCUT2D eigenvalue weighted by molar-refractivity contribution is 6.37. The lowest BCUT2D eigenvalue weighted by atomic mass is 10.1. The predicted molar refractivity (Wildman–Crippen MR) is 83.7 cm³/mol. The van der Waals surface area contributed by atoms with Crippen molar-refractivity contribution in [2.45, 2.75) is 13.1 Å². The summed E-state index contributed by atoms with van der Waals surface area (Å²) in [6.45, 7) is 1.64. The third-order valence-electron chi connectivity index (χ3n) is 2.90. The van der Waals surface area contributed by atoms with Gasteiger partial charge < -0.3 is 0 Å². The van der Waals surface area contributed by atoms with Crippen molar-refractivity contribution in [3.63, 3.8) is 0 Å². The average Bonchev–Trinajstić information content (AvgIpc) is 2.44. The molecule has 0 bridgehead atoms. The van der Waals surface area contributed by atoms with E-state index in [9.17, 15) is 13.2 Å². The molecular formula is C15H11Cl2F3N2. The van der Waals surface area contributed by atoms with Gasteiger partial charge in [-0.15, -0.1) is 0 Å². The molecule has 0 atom stereocenters. The number of rotatable bonds is 3. The SMILES string of the molecule is CC(=NNc1ccccc1C(F)(F)F)c1ccc(Cl)cc1Cl. The minimum atomic E-state index is -4.45. The summed E-state index contributed by atoms with van der Waals surface area (Å²) in [5.41, 5.74) is 2.56. The molecule has 0 heterocycles. The maximum Gasteiger partial charge on any atom is 0.418 e. The van der Waals surface area contributed by atoms with Crippen molar-refractivity contribution < 1.29 is 13.2 Å². The summed E-state index contributed by atoms with van der Waals surface area (Å²) in [6, 6.07) is 9.94. The molecule has 22 heavy (non-hydrogen) atoms. The van der Waals surface area contributed by atoms with Crippen molar-refractivity contribution in [1.29, 1.82) is 0 Å². The highest BCUT2D eigenvalue weighted by atomic mass is 35.5. The van der Waals surface area contributed by atoms with Crippen LogP contribution in [0, 0.1) is 0 Å². The molecule has 116 valence electrons. The molecule has 0 amide bonds. The van der Waals surface area contributed by atoms with Crippen molar-refractivity contribution in [2.24, 2.45) is 5.10 Å². The summed E-state index contributed by atoms with van der Waals surface area (Å²) in [5.74, 6) is 0. The summed E-state index contributed by atoms with van der Waals surface area (Å²) < 4.78 is 38.6. The Morgan fingerprint density at radius 3 is 2.41 bits per heavy atom. The van der Waals surface area contributed by atoms with Gasteiger partial charge in [0, 0.05) is 10.6 Å². The van der Waals surface area contributed by atoms with Crippen LogP contribution in [0.25, 0.3) is 0 Å². The molecule has 0 aliphatic rings. The van der Waals surface area contributed by atoms with E-state index in [2.05, 4.69) is 10.5 Å². The number of alkyl halides is 3. The van der Waals surface area contributed by atoms with Crippen LogP contribution >= 0.6 is 23.2 Å². The number of hydrazone groups is 1. The van der Waals surface area contributed by atoms with Crippen molar-refractivity contribution in [2.75, 3.05) is 5.43 Å². The van der Waals surface area contributed by atoms with Gasteiger partial charge in [0.1, 0.15) is 0 Å². The Kier molecular flexibility index (Phi) is 4.98. The molecule has 0 saturated heterocycles. The topological polar surface area (TPSA) is 24.4 Å².